The smallest absolute Gasteiger partial charge is 0.267 e. The highest BCUT2D eigenvalue weighted by Crippen LogP contribution is 2.36. The Bertz CT molecular complexity index is 1230. The number of carbonyl (C=O) groups is 1. The number of fused-ring (bicyclic) bond motifs is 4. The number of aryl methyl sites for hydroxylation is 1. The Hall–Kier alpha value is -3.79. The lowest BCUT2D eigenvalue weighted by Crippen LogP contribution is -2.20. The van der Waals surface area contributed by atoms with Crippen molar-refractivity contribution in [3.05, 3.63) is 101 Å². The molecule has 134 valence electrons. The van der Waals surface area contributed by atoms with Gasteiger partial charge in [0.25, 0.3) is 5.91 Å². The molecular weight excluding hydrogens is 346 g/mol. The molecule has 1 amide bonds. The molecule has 0 atom stereocenters. The molecule has 4 aromatic rings. The summed E-state index contributed by atoms with van der Waals surface area (Å²) in [4.78, 5) is 17.4. The highest BCUT2D eigenvalue weighted by molar-refractivity contribution is 6.24. The monoisotopic (exact) mass is 363 g/mol. The van der Waals surface area contributed by atoms with Crippen LogP contribution in [0.1, 0.15) is 27.2 Å². The zero-order valence-electron chi connectivity index (χ0n) is 15.3. The zero-order chi connectivity index (χ0) is 19.1. The summed E-state index contributed by atoms with van der Waals surface area (Å²) in [5.41, 5.74) is 10.1. The van der Waals surface area contributed by atoms with E-state index in [1.165, 1.54) is 0 Å². The first-order valence-corrected chi connectivity index (χ1v) is 9.16. The summed E-state index contributed by atoms with van der Waals surface area (Å²) < 4.78 is 0. The standard InChI is InChI=1S/C24H17N3O/c1-15-14-21(18-10-6-7-13-22(18)25-15)24(28)27-26-23-19-11-4-2-8-16(19)17-9-3-5-12-20(17)23/h2-14H,1H3,(H,27,28). The van der Waals surface area contributed by atoms with Crippen molar-refractivity contribution in [2.75, 3.05) is 0 Å². The summed E-state index contributed by atoms with van der Waals surface area (Å²) in [5, 5.41) is 5.33. The predicted molar refractivity (Wildman–Crippen MR) is 111 cm³/mol. The number of rotatable bonds is 2. The fourth-order valence-electron chi connectivity index (χ4n) is 3.78. The summed E-state index contributed by atoms with van der Waals surface area (Å²) in [6.45, 7) is 1.89. The first-order chi connectivity index (χ1) is 13.7. The molecule has 4 nitrogen and oxygen atoms in total. The molecule has 0 radical (unpaired) electrons. The first kappa shape index (κ1) is 16.4. The number of carbonyl (C=O) groups excluding carboxylic acids is 1. The molecular formula is C24H17N3O. The number of pyridine rings is 1. The maximum Gasteiger partial charge on any atom is 0.272 e. The van der Waals surface area contributed by atoms with Gasteiger partial charge < -0.3 is 0 Å². The summed E-state index contributed by atoms with van der Waals surface area (Å²) in [6.07, 6.45) is 0. The third kappa shape index (κ3) is 2.58. The van der Waals surface area contributed by atoms with Crippen molar-refractivity contribution in [1.29, 1.82) is 0 Å². The molecule has 0 spiro atoms. The average Bonchev–Trinajstić information content (AvgIpc) is 3.05. The molecule has 3 aromatic carbocycles. The quantitative estimate of drug-likeness (QED) is 0.462. The minimum absolute atomic E-state index is 0.240. The highest BCUT2D eigenvalue weighted by atomic mass is 16.2. The molecule has 0 saturated heterocycles. The van der Waals surface area contributed by atoms with E-state index < -0.39 is 0 Å². The number of aromatic nitrogens is 1. The average molecular weight is 363 g/mol. The third-order valence-corrected chi connectivity index (χ3v) is 5.01. The second kappa shape index (κ2) is 6.43. The Balaban J connectivity index is 1.56. The van der Waals surface area contributed by atoms with Gasteiger partial charge in [-0.25, -0.2) is 5.43 Å². The van der Waals surface area contributed by atoms with Gasteiger partial charge in [0.05, 0.1) is 16.8 Å². The van der Waals surface area contributed by atoms with Gasteiger partial charge >= 0.3 is 0 Å². The van der Waals surface area contributed by atoms with E-state index in [-0.39, 0.29) is 5.91 Å². The normalized spacial score (nSPS) is 11.8. The number of nitrogens with zero attached hydrogens (tertiary/aromatic N) is 2. The van der Waals surface area contributed by atoms with Gasteiger partial charge in [-0.2, -0.15) is 5.10 Å². The van der Waals surface area contributed by atoms with Gasteiger partial charge in [-0.15, -0.1) is 0 Å². The van der Waals surface area contributed by atoms with Crippen LogP contribution in [0.15, 0.2) is 84.0 Å². The maximum absolute atomic E-state index is 12.9. The number of hydrogen-bond donors (Lipinski definition) is 1. The lowest BCUT2D eigenvalue weighted by atomic mass is 10.1. The van der Waals surface area contributed by atoms with E-state index in [4.69, 9.17) is 0 Å². The van der Waals surface area contributed by atoms with E-state index in [1.54, 1.807) is 6.07 Å². The predicted octanol–water partition coefficient (Wildman–Crippen LogP) is 4.71. The minimum Gasteiger partial charge on any atom is -0.267 e. The third-order valence-electron chi connectivity index (χ3n) is 5.01. The number of para-hydroxylation sites is 1. The number of nitrogens with one attached hydrogen (secondary N) is 1. The molecule has 0 fully saturated rings. The van der Waals surface area contributed by atoms with Gasteiger partial charge in [-0.3, -0.25) is 9.78 Å². The molecule has 28 heavy (non-hydrogen) atoms. The molecule has 4 heteroatoms. The lowest BCUT2D eigenvalue weighted by molar-refractivity contribution is 0.0956. The van der Waals surface area contributed by atoms with Crippen LogP contribution in [-0.2, 0) is 0 Å². The number of benzene rings is 3. The molecule has 1 N–H and O–H groups in total. The molecule has 0 bridgehead atoms. The van der Waals surface area contributed by atoms with Crippen LogP contribution in [0.25, 0.3) is 22.0 Å². The van der Waals surface area contributed by atoms with Crippen LogP contribution in [0.4, 0.5) is 0 Å². The largest absolute Gasteiger partial charge is 0.272 e. The Morgan fingerprint density at radius 2 is 1.39 bits per heavy atom. The van der Waals surface area contributed by atoms with Gasteiger partial charge in [0.1, 0.15) is 0 Å². The molecule has 1 aliphatic rings. The topological polar surface area (TPSA) is 54.4 Å². The first-order valence-electron chi connectivity index (χ1n) is 9.16. The lowest BCUT2D eigenvalue weighted by Gasteiger charge is -2.07. The van der Waals surface area contributed by atoms with Crippen LogP contribution < -0.4 is 5.43 Å². The van der Waals surface area contributed by atoms with E-state index in [0.717, 1.165) is 44.6 Å². The molecule has 1 aliphatic carbocycles. The van der Waals surface area contributed by atoms with Crippen LogP contribution in [-0.4, -0.2) is 16.6 Å². The summed E-state index contributed by atoms with van der Waals surface area (Å²) in [5.74, 6) is -0.240. The number of hydrazone groups is 1. The van der Waals surface area contributed by atoms with Crippen molar-refractivity contribution in [3.8, 4) is 11.1 Å². The number of amides is 1. The second-order valence-electron chi connectivity index (χ2n) is 6.82. The van der Waals surface area contributed by atoms with Crippen LogP contribution >= 0.6 is 0 Å². The van der Waals surface area contributed by atoms with Crippen molar-refractivity contribution >= 4 is 22.5 Å². The van der Waals surface area contributed by atoms with Crippen LogP contribution in [0.3, 0.4) is 0 Å². The van der Waals surface area contributed by atoms with Crippen molar-refractivity contribution < 1.29 is 4.79 Å². The Labute approximate surface area is 162 Å². The van der Waals surface area contributed by atoms with Gasteiger partial charge in [0.2, 0.25) is 0 Å². The molecule has 0 saturated carbocycles. The van der Waals surface area contributed by atoms with Crippen LogP contribution in [0.5, 0.6) is 0 Å². The summed E-state index contributed by atoms with van der Waals surface area (Å²) >= 11 is 0. The van der Waals surface area contributed by atoms with Gasteiger partial charge in [-0.05, 0) is 30.2 Å². The van der Waals surface area contributed by atoms with Crippen molar-refractivity contribution in [2.45, 2.75) is 6.92 Å². The molecule has 1 heterocycles. The van der Waals surface area contributed by atoms with E-state index in [9.17, 15) is 4.79 Å². The van der Waals surface area contributed by atoms with Gasteiger partial charge in [0, 0.05) is 22.2 Å². The highest BCUT2D eigenvalue weighted by Gasteiger charge is 2.24. The van der Waals surface area contributed by atoms with E-state index in [2.05, 4.69) is 27.6 Å². The molecule has 5 rings (SSSR count). The molecule has 1 aromatic heterocycles. The Kier molecular flexibility index (Phi) is 3.76. The Morgan fingerprint density at radius 1 is 0.821 bits per heavy atom. The van der Waals surface area contributed by atoms with Gasteiger partial charge in [0.15, 0.2) is 0 Å². The molecule has 0 unspecified atom stereocenters. The van der Waals surface area contributed by atoms with E-state index in [1.807, 2.05) is 67.6 Å². The number of hydrogen-bond acceptors (Lipinski definition) is 3. The van der Waals surface area contributed by atoms with Gasteiger partial charge in [-0.1, -0.05) is 66.7 Å². The molecule has 0 aliphatic heterocycles. The summed E-state index contributed by atoms with van der Waals surface area (Å²) in [6, 6.07) is 25.7. The van der Waals surface area contributed by atoms with E-state index in [0.29, 0.717) is 5.56 Å². The second-order valence-corrected chi connectivity index (χ2v) is 6.82. The van der Waals surface area contributed by atoms with Crippen LogP contribution in [0.2, 0.25) is 0 Å². The zero-order valence-corrected chi connectivity index (χ0v) is 15.3. The maximum atomic E-state index is 12.9. The van der Waals surface area contributed by atoms with Crippen molar-refractivity contribution in [2.24, 2.45) is 5.10 Å². The van der Waals surface area contributed by atoms with Crippen molar-refractivity contribution in [1.82, 2.24) is 10.4 Å². The van der Waals surface area contributed by atoms with Crippen LogP contribution in [0, 0.1) is 6.92 Å². The fourth-order valence-corrected chi connectivity index (χ4v) is 3.78. The fraction of sp³-hybridized carbons (Fsp3) is 0.0417. The Morgan fingerprint density at radius 3 is 2.07 bits per heavy atom. The SMILES string of the molecule is Cc1cc(C(=O)NN=C2c3ccccc3-c3ccccc32)c2ccccc2n1. The van der Waals surface area contributed by atoms with Crippen molar-refractivity contribution in [3.63, 3.8) is 0 Å². The van der Waals surface area contributed by atoms with E-state index >= 15 is 0 Å². The summed E-state index contributed by atoms with van der Waals surface area (Å²) in [7, 11) is 0. The minimum atomic E-state index is -0.240.